The van der Waals surface area contributed by atoms with Gasteiger partial charge in [-0.1, -0.05) is 6.58 Å². The SMILES string of the molecule is C=C(N)/C(C)=C/c1cc(F)ccc1NC=O. The molecular formula is C12H13FN2O. The smallest absolute Gasteiger partial charge is 0.211 e. The highest BCUT2D eigenvalue weighted by Gasteiger charge is 2.02. The van der Waals surface area contributed by atoms with Crippen LogP contribution >= 0.6 is 0 Å². The van der Waals surface area contributed by atoms with Crippen molar-refractivity contribution in [1.82, 2.24) is 0 Å². The molecule has 0 atom stereocenters. The van der Waals surface area contributed by atoms with E-state index in [4.69, 9.17) is 5.73 Å². The van der Waals surface area contributed by atoms with E-state index in [2.05, 4.69) is 11.9 Å². The summed E-state index contributed by atoms with van der Waals surface area (Å²) in [5.74, 6) is -0.377. The molecule has 0 radical (unpaired) electrons. The predicted octanol–water partition coefficient (Wildman–Crippen LogP) is 2.27. The number of carbonyl (C=O) groups is 1. The summed E-state index contributed by atoms with van der Waals surface area (Å²) in [7, 11) is 0. The molecule has 0 aromatic heterocycles. The molecule has 0 heterocycles. The fourth-order valence-electron chi connectivity index (χ4n) is 1.17. The lowest BCUT2D eigenvalue weighted by Crippen LogP contribution is -1.99. The van der Waals surface area contributed by atoms with Crippen molar-refractivity contribution in [3.05, 3.63) is 47.4 Å². The van der Waals surface area contributed by atoms with Crippen LogP contribution in [0.15, 0.2) is 36.0 Å². The van der Waals surface area contributed by atoms with Gasteiger partial charge in [0.2, 0.25) is 6.41 Å². The van der Waals surface area contributed by atoms with E-state index in [0.717, 1.165) is 5.57 Å². The molecule has 0 aliphatic carbocycles. The van der Waals surface area contributed by atoms with Crippen LogP contribution < -0.4 is 11.1 Å². The first-order valence-corrected chi connectivity index (χ1v) is 4.67. The van der Waals surface area contributed by atoms with Crippen LogP contribution in [-0.2, 0) is 4.79 Å². The third-order valence-electron chi connectivity index (χ3n) is 2.11. The quantitative estimate of drug-likeness (QED) is 0.604. The van der Waals surface area contributed by atoms with Crippen LogP contribution in [-0.4, -0.2) is 6.41 Å². The maximum absolute atomic E-state index is 13.0. The summed E-state index contributed by atoms with van der Waals surface area (Å²) in [6.07, 6.45) is 2.20. The van der Waals surface area contributed by atoms with Crippen molar-refractivity contribution in [2.75, 3.05) is 5.32 Å². The number of benzene rings is 1. The molecule has 0 fully saturated rings. The third-order valence-corrected chi connectivity index (χ3v) is 2.11. The Morgan fingerprint density at radius 1 is 1.56 bits per heavy atom. The van der Waals surface area contributed by atoms with Gasteiger partial charge in [0.1, 0.15) is 5.82 Å². The van der Waals surface area contributed by atoms with E-state index in [0.29, 0.717) is 23.4 Å². The van der Waals surface area contributed by atoms with Gasteiger partial charge in [0.25, 0.3) is 0 Å². The number of amides is 1. The van der Waals surface area contributed by atoms with Crippen molar-refractivity contribution in [2.45, 2.75) is 6.92 Å². The Labute approximate surface area is 93.5 Å². The third kappa shape index (κ3) is 2.95. The van der Waals surface area contributed by atoms with Gasteiger partial charge in [0.15, 0.2) is 0 Å². The molecule has 16 heavy (non-hydrogen) atoms. The van der Waals surface area contributed by atoms with Crippen LogP contribution in [0.4, 0.5) is 10.1 Å². The fraction of sp³-hybridized carbons (Fsp3) is 0.0833. The molecule has 3 nitrogen and oxygen atoms in total. The number of nitrogens with two attached hydrogens (primary N) is 1. The predicted molar refractivity (Wildman–Crippen MR) is 63.1 cm³/mol. The standard InChI is InChI=1S/C12H13FN2O/c1-8(9(2)14)5-10-6-11(13)3-4-12(10)15-7-16/h3-7H,2,14H2,1H3,(H,15,16)/b8-5+. The molecule has 4 heteroatoms. The minimum Gasteiger partial charge on any atom is -0.399 e. The van der Waals surface area contributed by atoms with Crippen molar-refractivity contribution < 1.29 is 9.18 Å². The molecule has 3 N–H and O–H groups in total. The lowest BCUT2D eigenvalue weighted by molar-refractivity contribution is -0.105. The van der Waals surface area contributed by atoms with Crippen LogP contribution in [0, 0.1) is 5.82 Å². The second-order valence-corrected chi connectivity index (χ2v) is 3.35. The van der Waals surface area contributed by atoms with E-state index in [1.807, 2.05) is 0 Å². The van der Waals surface area contributed by atoms with Gasteiger partial charge in [-0.3, -0.25) is 4.79 Å². The van der Waals surface area contributed by atoms with Crippen molar-refractivity contribution in [2.24, 2.45) is 5.73 Å². The van der Waals surface area contributed by atoms with Crippen LogP contribution in [0.3, 0.4) is 0 Å². The molecule has 0 aliphatic heterocycles. The summed E-state index contributed by atoms with van der Waals surface area (Å²) in [6.45, 7) is 5.34. The zero-order valence-electron chi connectivity index (χ0n) is 8.96. The van der Waals surface area contributed by atoms with Gasteiger partial charge in [-0.25, -0.2) is 4.39 Å². The highest BCUT2D eigenvalue weighted by atomic mass is 19.1. The maximum Gasteiger partial charge on any atom is 0.211 e. The maximum atomic E-state index is 13.0. The zero-order chi connectivity index (χ0) is 12.1. The Bertz CT molecular complexity index is 452. The number of carbonyl (C=O) groups excluding carboxylic acids is 1. The molecule has 1 rings (SSSR count). The summed E-state index contributed by atoms with van der Waals surface area (Å²) in [6, 6.07) is 4.08. The number of hydrogen-bond donors (Lipinski definition) is 2. The summed E-state index contributed by atoms with van der Waals surface area (Å²) in [4.78, 5) is 10.4. The van der Waals surface area contributed by atoms with Crippen LogP contribution in [0.25, 0.3) is 6.08 Å². The number of rotatable bonds is 4. The van der Waals surface area contributed by atoms with E-state index in [1.165, 1.54) is 18.2 Å². The normalized spacial score (nSPS) is 11.0. The first-order chi connectivity index (χ1) is 7.54. The van der Waals surface area contributed by atoms with E-state index < -0.39 is 0 Å². The average molecular weight is 220 g/mol. The highest BCUT2D eigenvalue weighted by Crippen LogP contribution is 2.20. The molecule has 0 bridgehead atoms. The van der Waals surface area contributed by atoms with Gasteiger partial charge < -0.3 is 11.1 Å². The summed E-state index contributed by atoms with van der Waals surface area (Å²) in [5, 5.41) is 2.49. The Morgan fingerprint density at radius 3 is 2.81 bits per heavy atom. The van der Waals surface area contributed by atoms with E-state index in [-0.39, 0.29) is 5.82 Å². The first kappa shape index (κ1) is 12.0. The Morgan fingerprint density at radius 2 is 2.25 bits per heavy atom. The minimum absolute atomic E-state index is 0.377. The van der Waals surface area contributed by atoms with Crippen LogP contribution in [0.2, 0.25) is 0 Å². The van der Waals surface area contributed by atoms with E-state index in [9.17, 15) is 9.18 Å². The fourth-order valence-corrected chi connectivity index (χ4v) is 1.17. The van der Waals surface area contributed by atoms with E-state index >= 15 is 0 Å². The second kappa shape index (κ2) is 5.11. The summed E-state index contributed by atoms with van der Waals surface area (Å²) in [5.41, 5.74) is 7.70. The molecule has 84 valence electrons. The van der Waals surface area contributed by atoms with Gasteiger partial charge in [-0.15, -0.1) is 0 Å². The Kier molecular flexibility index (Phi) is 3.83. The van der Waals surface area contributed by atoms with Crippen LogP contribution in [0.5, 0.6) is 0 Å². The molecule has 0 spiro atoms. The summed E-state index contributed by atoms with van der Waals surface area (Å²) < 4.78 is 13.0. The Hall–Kier alpha value is -2.10. The number of allylic oxidation sites excluding steroid dienone is 1. The number of hydrogen-bond acceptors (Lipinski definition) is 2. The van der Waals surface area contributed by atoms with Gasteiger partial charge in [-0.2, -0.15) is 0 Å². The molecule has 0 saturated carbocycles. The van der Waals surface area contributed by atoms with Crippen molar-refractivity contribution in [3.63, 3.8) is 0 Å². The van der Waals surface area contributed by atoms with Gasteiger partial charge in [0.05, 0.1) is 0 Å². The number of halogens is 1. The van der Waals surface area contributed by atoms with Gasteiger partial charge in [0, 0.05) is 16.9 Å². The largest absolute Gasteiger partial charge is 0.399 e. The topological polar surface area (TPSA) is 55.1 Å². The molecule has 1 aromatic carbocycles. The molecular weight excluding hydrogens is 207 g/mol. The van der Waals surface area contributed by atoms with Crippen molar-refractivity contribution in [1.29, 1.82) is 0 Å². The number of anilines is 1. The molecule has 0 aliphatic rings. The average Bonchev–Trinajstić information content (AvgIpc) is 2.22. The van der Waals surface area contributed by atoms with Crippen molar-refractivity contribution in [3.8, 4) is 0 Å². The molecule has 0 unspecified atom stereocenters. The van der Waals surface area contributed by atoms with Gasteiger partial charge >= 0.3 is 0 Å². The monoisotopic (exact) mass is 220 g/mol. The lowest BCUT2D eigenvalue weighted by Gasteiger charge is -2.06. The van der Waals surface area contributed by atoms with Crippen LogP contribution in [0.1, 0.15) is 12.5 Å². The first-order valence-electron chi connectivity index (χ1n) is 4.67. The highest BCUT2D eigenvalue weighted by molar-refractivity contribution is 5.79. The molecule has 1 aromatic rings. The molecule has 1 amide bonds. The lowest BCUT2D eigenvalue weighted by atomic mass is 10.1. The minimum atomic E-state index is -0.377. The van der Waals surface area contributed by atoms with Gasteiger partial charge in [-0.05, 0) is 36.8 Å². The molecule has 0 saturated heterocycles. The zero-order valence-corrected chi connectivity index (χ0v) is 8.96. The van der Waals surface area contributed by atoms with E-state index in [1.54, 1.807) is 13.0 Å². The summed E-state index contributed by atoms with van der Waals surface area (Å²) >= 11 is 0. The number of nitrogens with one attached hydrogen (secondary N) is 1. The Balaban J connectivity index is 3.19. The van der Waals surface area contributed by atoms with Crippen molar-refractivity contribution >= 4 is 18.2 Å². The second-order valence-electron chi connectivity index (χ2n) is 3.35.